The first-order valence-electron chi connectivity index (χ1n) is 5.60. The molecule has 1 aromatic rings. The zero-order valence-corrected chi connectivity index (χ0v) is 9.19. The first kappa shape index (κ1) is 10.4. The molecule has 0 bridgehead atoms. The van der Waals surface area contributed by atoms with Gasteiger partial charge in [-0.25, -0.2) is 0 Å². The van der Waals surface area contributed by atoms with Gasteiger partial charge in [0.1, 0.15) is 0 Å². The van der Waals surface area contributed by atoms with Crippen LogP contribution in [-0.2, 0) is 5.60 Å². The molecule has 1 heteroatoms. The van der Waals surface area contributed by atoms with Crippen molar-refractivity contribution < 1.29 is 5.11 Å². The Hall–Kier alpha value is -1.08. The fourth-order valence-electron chi connectivity index (χ4n) is 2.28. The maximum atomic E-state index is 10.8. The smallest absolute Gasteiger partial charge is 0.0983 e. The lowest BCUT2D eigenvalue weighted by molar-refractivity contribution is -0.0218. The zero-order chi connectivity index (χ0) is 10.9. The average molecular weight is 202 g/mol. The summed E-state index contributed by atoms with van der Waals surface area (Å²) in [6.07, 6.45) is 4.11. The van der Waals surface area contributed by atoms with Gasteiger partial charge in [-0.2, -0.15) is 0 Å². The number of hydrogen-bond acceptors (Lipinski definition) is 1. The molecule has 1 nitrogen and oxygen atoms in total. The van der Waals surface area contributed by atoms with Crippen LogP contribution in [0.4, 0.5) is 0 Å². The van der Waals surface area contributed by atoms with Crippen LogP contribution in [0.2, 0.25) is 0 Å². The van der Waals surface area contributed by atoms with E-state index in [4.69, 9.17) is 0 Å². The predicted molar refractivity (Wildman–Crippen MR) is 62.4 cm³/mol. The Bertz CT molecular complexity index is 340. The minimum Gasteiger partial charge on any atom is -0.384 e. The Balaban J connectivity index is 2.38. The highest BCUT2D eigenvalue weighted by Gasteiger charge is 2.47. The van der Waals surface area contributed by atoms with Crippen molar-refractivity contribution in [3.8, 4) is 0 Å². The second-order valence-corrected chi connectivity index (χ2v) is 4.49. The summed E-state index contributed by atoms with van der Waals surface area (Å²) in [4.78, 5) is 0. The number of hydrogen-bond donors (Lipinski definition) is 1. The van der Waals surface area contributed by atoms with Gasteiger partial charge >= 0.3 is 0 Å². The molecule has 1 aromatic carbocycles. The lowest BCUT2D eigenvalue weighted by Crippen LogP contribution is -2.34. The molecule has 0 amide bonds. The molecule has 80 valence electrons. The Labute approximate surface area is 91.4 Å². The van der Waals surface area contributed by atoms with E-state index < -0.39 is 5.60 Å². The molecule has 2 rings (SSSR count). The van der Waals surface area contributed by atoms with E-state index in [2.05, 4.69) is 6.58 Å². The molecule has 0 aliphatic heterocycles. The van der Waals surface area contributed by atoms with E-state index >= 15 is 0 Å². The van der Waals surface area contributed by atoms with E-state index in [-0.39, 0.29) is 5.92 Å². The molecule has 0 aromatic heterocycles. The highest BCUT2D eigenvalue weighted by Crippen LogP contribution is 2.50. The molecule has 0 unspecified atom stereocenters. The summed E-state index contributed by atoms with van der Waals surface area (Å²) >= 11 is 0. The molecule has 1 N–H and O–H groups in total. The molecule has 0 radical (unpaired) electrons. The van der Waals surface area contributed by atoms with E-state index in [9.17, 15) is 5.11 Å². The molecule has 1 aliphatic rings. The van der Waals surface area contributed by atoms with Gasteiger partial charge in [0.2, 0.25) is 0 Å². The summed E-state index contributed by atoms with van der Waals surface area (Å²) in [6.45, 7) is 5.84. The van der Waals surface area contributed by atoms with Crippen LogP contribution in [0.1, 0.15) is 25.3 Å². The Morgan fingerprint density at radius 1 is 1.40 bits per heavy atom. The highest BCUT2D eigenvalue weighted by atomic mass is 16.3. The van der Waals surface area contributed by atoms with Crippen LogP contribution in [-0.4, -0.2) is 5.11 Å². The van der Waals surface area contributed by atoms with Gasteiger partial charge < -0.3 is 5.11 Å². The van der Waals surface area contributed by atoms with Crippen LogP contribution in [0.5, 0.6) is 0 Å². The molecule has 0 saturated heterocycles. The van der Waals surface area contributed by atoms with Crippen molar-refractivity contribution in [2.45, 2.75) is 25.4 Å². The summed E-state index contributed by atoms with van der Waals surface area (Å²) in [7, 11) is 0. The first-order valence-corrected chi connectivity index (χ1v) is 5.60. The zero-order valence-electron chi connectivity index (χ0n) is 9.19. The number of aliphatic hydroxyl groups is 1. The normalized spacial score (nSPS) is 21.7. The largest absolute Gasteiger partial charge is 0.384 e. The van der Waals surface area contributed by atoms with E-state index in [1.54, 1.807) is 0 Å². The second-order valence-electron chi connectivity index (χ2n) is 4.49. The topological polar surface area (TPSA) is 20.2 Å². The van der Waals surface area contributed by atoms with Crippen LogP contribution in [0.15, 0.2) is 43.0 Å². The van der Waals surface area contributed by atoms with Crippen LogP contribution in [0.3, 0.4) is 0 Å². The fourth-order valence-corrected chi connectivity index (χ4v) is 2.28. The van der Waals surface area contributed by atoms with Gasteiger partial charge in [0.15, 0.2) is 0 Å². The molecular weight excluding hydrogens is 184 g/mol. The van der Waals surface area contributed by atoms with Crippen LogP contribution >= 0.6 is 0 Å². The first-order chi connectivity index (χ1) is 7.19. The summed E-state index contributed by atoms with van der Waals surface area (Å²) in [5.41, 5.74) is 0.322. The Morgan fingerprint density at radius 2 is 2.00 bits per heavy atom. The van der Waals surface area contributed by atoms with Gasteiger partial charge in [-0.1, -0.05) is 43.3 Å². The third kappa shape index (κ3) is 1.72. The summed E-state index contributed by atoms with van der Waals surface area (Å²) in [6, 6.07) is 9.98. The summed E-state index contributed by atoms with van der Waals surface area (Å²) in [5, 5.41) is 10.8. The highest BCUT2D eigenvalue weighted by molar-refractivity contribution is 5.27. The van der Waals surface area contributed by atoms with Crippen molar-refractivity contribution >= 4 is 0 Å². The third-order valence-corrected chi connectivity index (χ3v) is 3.48. The Kier molecular flexibility index (Phi) is 2.66. The van der Waals surface area contributed by atoms with Gasteiger partial charge in [-0.3, -0.25) is 0 Å². The van der Waals surface area contributed by atoms with Gasteiger partial charge in [0.05, 0.1) is 5.60 Å². The number of benzene rings is 1. The maximum Gasteiger partial charge on any atom is 0.0983 e. The van der Waals surface area contributed by atoms with Crippen LogP contribution in [0, 0.1) is 11.8 Å². The summed E-state index contributed by atoms with van der Waals surface area (Å²) in [5.74, 6) is 0.514. The molecule has 1 aliphatic carbocycles. The van der Waals surface area contributed by atoms with E-state index in [1.807, 2.05) is 43.3 Å². The molecule has 1 saturated carbocycles. The van der Waals surface area contributed by atoms with Crippen molar-refractivity contribution in [2.24, 2.45) is 11.8 Å². The molecule has 0 spiro atoms. The van der Waals surface area contributed by atoms with Crippen molar-refractivity contribution in [1.82, 2.24) is 0 Å². The standard InChI is InChI=1S/C14H18O/c1-3-11(2)14(15,13-9-10-13)12-7-5-4-6-8-12/h3-8,11,13,15H,1,9-10H2,2H3/t11-,14-/m0/s1. The van der Waals surface area contributed by atoms with Crippen molar-refractivity contribution in [3.05, 3.63) is 48.6 Å². The Morgan fingerprint density at radius 3 is 2.47 bits per heavy atom. The van der Waals surface area contributed by atoms with Gasteiger partial charge in [-0.05, 0) is 24.3 Å². The van der Waals surface area contributed by atoms with Crippen molar-refractivity contribution in [1.29, 1.82) is 0 Å². The SMILES string of the molecule is C=C[C@H](C)[C@](O)(c1ccccc1)C1CC1. The van der Waals surface area contributed by atoms with Crippen LogP contribution in [0.25, 0.3) is 0 Å². The second kappa shape index (κ2) is 3.82. The molecule has 15 heavy (non-hydrogen) atoms. The monoisotopic (exact) mass is 202 g/mol. The molecule has 0 heterocycles. The third-order valence-electron chi connectivity index (χ3n) is 3.48. The average Bonchev–Trinajstić information content (AvgIpc) is 3.12. The maximum absolute atomic E-state index is 10.8. The molecule has 1 fully saturated rings. The fraction of sp³-hybridized carbons (Fsp3) is 0.429. The molecule has 2 atom stereocenters. The summed E-state index contributed by atoms with van der Waals surface area (Å²) < 4.78 is 0. The molecular formula is C14H18O. The lowest BCUT2D eigenvalue weighted by atomic mass is 9.78. The minimum absolute atomic E-state index is 0.104. The van der Waals surface area contributed by atoms with E-state index in [1.165, 1.54) is 0 Å². The van der Waals surface area contributed by atoms with Crippen molar-refractivity contribution in [2.75, 3.05) is 0 Å². The quantitative estimate of drug-likeness (QED) is 0.744. The van der Waals surface area contributed by atoms with E-state index in [0.717, 1.165) is 18.4 Å². The van der Waals surface area contributed by atoms with E-state index in [0.29, 0.717) is 5.92 Å². The minimum atomic E-state index is -0.705. The predicted octanol–water partition coefficient (Wildman–Crippen LogP) is 3.11. The lowest BCUT2D eigenvalue weighted by Gasteiger charge is -2.33. The van der Waals surface area contributed by atoms with Crippen molar-refractivity contribution in [3.63, 3.8) is 0 Å². The van der Waals surface area contributed by atoms with Gasteiger partial charge in [-0.15, -0.1) is 6.58 Å². The van der Waals surface area contributed by atoms with Gasteiger partial charge in [0.25, 0.3) is 0 Å². The van der Waals surface area contributed by atoms with Crippen LogP contribution < -0.4 is 0 Å². The van der Waals surface area contributed by atoms with Gasteiger partial charge in [0, 0.05) is 5.92 Å². The number of rotatable bonds is 4.